The van der Waals surface area contributed by atoms with E-state index in [1.807, 2.05) is 25.1 Å². The van der Waals surface area contributed by atoms with E-state index in [9.17, 15) is 9.18 Å². The summed E-state index contributed by atoms with van der Waals surface area (Å²) >= 11 is 0. The van der Waals surface area contributed by atoms with Gasteiger partial charge in [0.1, 0.15) is 17.3 Å². The predicted molar refractivity (Wildman–Crippen MR) is 144 cm³/mol. The van der Waals surface area contributed by atoms with Crippen LogP contribution >= 0.6 is 0 Å². The lowest BCUT2D eigenvalue weighted by molar-refractivity contribution is 0.0949. The van der Waals surface area contributed by atoms with Gasteiger partial charge in [0.05, 0.1) is 19.3 Å². The molecule has 0 radical (unpaired) electrons. The molecule has 3 aromatic rings. The van der Waals surface area contributed by atoms with Crippen LogP contribution in [0.25, 0.3) is 11.1 Å². The number of hydrogen-bond donors (Lipinski definition) is 1. The smallest absolute Gasteiger partial charge is 0.163 e. The molecule has 5 rings (SSSR count). The van der Waals surface area contributed by atoms with Crippen molar-refractivity contribution in [3.8, 4) is 22.6 Å². The first-order valence-electron chi connectivity index (χ1n) is 13.2. The summed E-state index contributed by atoms with van der Waals surface area (Å²) in [7, 11) is 1.66. The Labute approximate surface area is 218 Å². The Morgan fingerprint density at radius 1 is 1.05 bits per heavy atom. The molecule has 1 heterocycles. The molecule has 37 heavy (non-hydrogen) atoms. The third-order valence-electron chi connectivity index (χ3n) is 7.97. The summed E-state index contributed by atoms with van der Waals surface area (Å²) in [6, 6.07) is 18.4. The van der Waals surface area contributed by atoms with Crippen LogP contribution in [0.2, 0.25) is 0 Å². The Hall–Kier alpha value is -3.38. The lowest BCUT2D eigenvalue weighted by atomic mass is 9.87. The van der Waals surface area contributed by atoms with Gasteiger partial charge in [-0.3, -0.25) is 9.69 Å². The molecule has 5 nitrogen and oxygen atoms in total. The molecule has 2 fully saturated rings. The Kier molecular flexibility index (Phi) is 7.47. The first-order chi connectivity index (χ1) is 18.0. The quantitative estimate of drug-likeness (QED) is 0.273. The lowest BCUT2D eigenvalue weighted by Crippen LogP contribution is -2.30. The van der Waals surface area contributed by atoms with Crippen LogP contribution in [0.15, 0.2) is 60.7 Å². The van der Waals surface area contributed by atoms with Crippen LogP contribution in [0.3, 0.4) is 0 Å². The fourth-order valence-electron chi connectivity index (χ4n) is 6.31. The van der Waals surface area contributed by atoms with Gasteiger partial charge in [0.25, 0.3) is 0 Å². The Morgan fingerprint density at radius 3 is 2.57 bits per heavy atom. The van der Waals surface area contributed by atoms with Crippen molar-refractivity contribution < 1.29 is 18.7 Å². The minimum Gasteiger partial charge on any atom is -0.496 e. The normalized spacial score (nSPS) is 21.1. The molecule has 1 saturated carbocycles. The monoisotopic (exact) mass is 502 g/mol. The number of likely N-dealkylation sites (tertiary alicyclic amines) is 1. The summed E-state index contributed by atoms with van der Waals surface area (Å²) in [6.07, 6.45) is 3.90. The van der Waals surface area contributed by atoms with Crippen molar-refractivity contribution in [3.63, 3.8) is 0 Å². The Morgan fingerprint density at radius 2 is 1.84 bits per heavy atom. The third-order valence-corrected chi connectivity index (χ3v) is 7.97. The number of Topliss-reactive ketones (excluding diaryl/α,β-unsaturated/α-hetero) is 1. The molecule has 1 saturated heterocycles. The first-order valence-corrected chi connectivity index (χ1v) is 13.2. The SMILES string of the molecule is CCOc1cc(CN2CC[C@H]3C(CC(=O)c4cccc(N)c4)CC[C@H]32)cc(OC)c1-c1ccc(F)cc1. The molecule has 2 N–H and O–H groups in total. The van der Waals surface area contributed by atoms with E-state index in [2.05, 4.69) is 17.0 Å². The van der Waals surface area contributed by atoms with Crippen molar-refractivity contribution in [2.45, 2.75) is 45.2 Å². The second kappa shape index (κ2) is 10.9. The third kappa shape index (κ3) is 5.35. The number of anilines is 1. The molecular formula is C31H35FN2O3. The zero-order chi connectivity index (χ0) is 25.9. The lowest BCUT2D eigenvalue weighted by Gasteiger charge is -2.25. The van der Waals surface area contributed by atoms with E-state index in [-0.39, 0.29) is 11.6 Å². The van der Waals surface area contributed by atoms with Crippen LogP contribution in [0.4, 0.5) is 10.1 Å². The average Bonchev–Trinajstić information content (AvgIpc) is 3.48. The topological polar surface area (TPSA) is 64.8 Å². The van der Waals surface area contributed by atoms with Crippen LogP contribution in [0, 0.1) is 17.7 Å². The van der Waals surface area contributed by atoms with Crippen LogP contribution in [-0.4, -0.2) is 37.0 Å². The number of ketones is 1. The molecule has 6 heteroatoms. The number of carbonyl (C=O) groups excluding carboxylic acids is 1. The maximum atomic E-state index is 13.5. The largest absolute Gasteiger partial charge is 0.496 e. The molecule has 3 atom stereocenters. The number of benzene rings is 3. The van der Waals surface area contributed by atoms with Gasteiger partial charge in [-0.25, -0.2) is 4.39 Å². The molecule has 0 bridgehead atoms. The molecular weight excluding hydrogens is 467 g/mol. The zero-order valence-corrected chi connectivity index (χ0v) is 21.6. The fourth-order valence-corrected chi connectivity index (χ4v) is 6.31. The van der Waals surface area contributed by atoms with Crippen molar-refractivity contribution in [1.82, 2.24) is 4.90 Å². The molecule has 3 aromatic carbocycles. The summed E-state index contributed by atoms with van der Waals surface area (Å²) in [5, 5.41) is 0. The molecule has 2 aliphatic rings. The van der Waals surface area contributed by atoms with Gasteiger partial charge in [-0.1, -0.05) is 24.3 Å². The summed E-state index contributed by atoms with van der Waals surface area (Å²) in [5.74, 6) is 2.34. The van der Waals surface area contributed by atoms with Gasteiger partial charge >= 0.3 is 0 Å². The highest BCUT2D eigenvalue weighted by molar-refractivity contribution is 5.97. The maximum absolute atomic E-state index is 13.5. The van der Waals surface area contributed by atoms with E-state index in [1.165, 1.54) is 12.1 Å². The van der Waals surface area contributed by atoms with Crippen molar-refractivity contribution in [3.05, 3.63) is 77.6 Å². The Bertz CT molecular complexity index is 1260. The van der Waals surface area contributed by atoms with Gasteiger partial charge < -0.3 is 15.2 Å². The van der Waals surface area contributed by atoms with E-state index in [0.29, 0.717) is 36.6 Å². The second-order valence-corrected chi connectivity index (χ2v) is 10.2. The number of fused-ring (bicyclic) bond motifs is 1. The van der Waals surface area contributed by atoms with Gasteiger partial charge in [0, 0.05) is 30.3 Å². The fraction of sp³-hybridized carbons (Fsp3) is 0.387. The number of nitrogens with two attached hydrogens (primary N) is 1. The summed E-state index contributed by atoms with van der Waals surface area (Å²) in [4.78, 5) is 15.5. The average molecular weight is 503 g/mol. The van der Waals surface area contributed by atoms with Crippen molar-refractivity contribution >= 4 is 11.5 Å². The standard InChI is InChI=1S/C31H35FN2O3/c1-3-37-30-16-20(15-29(36-2)31(30)21-7-10-24(32)11-8-21)19-34-14-13-26-22(9-12-27(26)34)18-28(35)23-5-4-6-25(33)17-23/h4-8,10-11,15-17,22,26-27H,3,9,12-14,18-19,33H2,1-2H3/t22?,26-,27+/m0/s1. The van der Waals surface area contributed by atoms with Crippen LogP contribution in [0.1, 0.15) is 48.5 Å². The molecule has 1 aliphatic carbocycles. The summed E-state index contributed by atoms with van der Waals surface area (Å²) < 4.78 is 25.3. The number of carbonyl (C=O) groups is 1. The van der Waals surface area contributed by atoms with E-state index < -0.39 is 0 Å². The predicted octanol–water partition coefficient (Wildman–Crippen LogP) is 6.36. The number of hydrogen-bond acceptors (Lipinski definition) is 5. The van der Waals surface area contributed by atoms with Gasteiger partial charge in [-0.15, -0.1) is 0 Å². The molecule has 194 valence electrons. The minimum atomic E-state index is -0.273. The molecule has 1 aliphatic heterocycles. The number of nitrogen functional groups attached to an aromatic ring is 1. The van der Waals surface area contributed by atoms with Crippen LogP contribution in [-0.2, 0) is 6.54 Å². The van der Waals surface area contributed by atoms with E-state index >= 15 is 0 Å². The van der Waals surface area contributed by atoms with E-state index in [4.69, 9.17) is 15.2 Å². The van der Waals surface area contributed by atoms with Crippen molar-refractivity contribution in [2.24, 2.45) is 11.8 Å². The van der Waals surface area contributed by atoms with E-state index in [0.717, 1.165) is 66.1 Å². The second-order valence-electron chi connectivity index (χ2n) is 10.2. The number of ether oxygens (including phenoxy) is 2. The molecule has 0 amide bonds. The maximum Gasteiger partial charge on any atom is 0.163 e. The highest BCUT2D eigenvalue weighted by Crippen LogP contribution is 2.46. The van der Waals surface area contributed by atoms with E-state index in [1.54, 1.807) is 25.3 Å². The van der Waals surface area contributed by atoms with Crippen LogP contribution in [0.5, 0.6) is 11.5 Å². The van der Waals surface area contributed by atoms with Crippen LogP contribution < -0.4 is 15.2 Å². The van der Waals surface area contributed by atoms with Gasteiger partial charge in [-0.2, -0.15) is 0 Å². The number of halogens is 1. The first kappa shape index (κ1) is 25.3. The Balaban J connectivity index is 1.32. The van der Waals surface area contributed by atoms with Crippen molar-refractivity contribution in [1.29, 1.82) is 0 Å². The molecule has 0 spiro atoms. The highest BCUT2D eigenvalue weighted by Gasteiger charge is 2.44. The number of rotatable bonds is 9. The molecule has 0 aromatic heterocycles. The summed E-state index contributed by atoms with van der Waals surface area (Å²) in [5.41, 5.74) is 10.1. The van der Waals surface area contributed by atoms with Gasteiger partial charge in [0.15, 0.2) is 5.78 Å². The minimum absolute atomic E-state index is 0.193. The van der Waals surface area contributed by atoms with Gasteiger partial charge in [-0.05, 0) is 92.1 Å². The van der Waals surface area contributed by atoms with Crippen molar-refractivity contribution in [2.75, 3.05) is 26.0 Å². The number of nitrogens with zero attached hydrogens (tertiary/aromatic N) is 1. The van der Waals surface area contributed by atoms with Gasteiger partial charge in [0.2, 0.25) is 0 Å². The highest BCUT2D eigenvalue weighted by atomic mass is 19.1. The number of methoxy groups -OCH3 is 1. The zero-order valence-electron chi connectivity index (χ0n) is 21.6. The summed E-state index contributed by atoms with van der Waals surface area (Å²) in [6.45, 7) is 4.31. The molecule has 1 unspecified atom stereocenters.